The Morgan fingerprint density at radius 2 is 1.82 bits per heavy atom. The number of halogens is 1. The van der Waals surface area contributed by atoms with Crippen LogP contribution in [0.15, 0.2) is 28.7 Å². The van der Waals surface area contributed by atoms with Crippen LogP contribution in [0.2, 0.25) is 0 Å². The fourth-order valence-electron chi connectivity index (χ4n) is 1.88. The number of ether oxygens (including phenoxy) is 1. The summed E-state index contributed by atoms with van der Waals surface area (Å²) in [4.78, 5) is 24.7. The van der Waals surface area contributed by atoms with E-state index in [1.54, 1.807) is 27.8 Å². The van der Waals surface area contributed by atoms with Crippen molar-refractivity contribution in [2.24, 2.45) is 5.92 Å². The van der Waals surface area contributed by atoms with Crippen LogP contribution in [0.5, 0.6) is 0 Å². The lowest BCUT2D eigenvalue weighted by Crippen LogP contribution is -2.39. The Balaban J connectivity index is 2.70. The summed E-state index contributed by atoms with van der Waals surface area (Å²) in [6.07, 6.45) is -0.162. The standard InChI is InChI=1S/C16H22BrNO4/c1-16(2,3)22-15(21)18(4)10-12(14(19)20)9-11-5-7-13(17)8-6-11/h5-8,12H,9-10H2,1-4H3,(H,19,20)/t12-/m0/s1. The molecule has 5 nitrogen and oxygen atoms in total. The van der Waals surface area contributed by atoms with Gasteiger partial charge in [0.15, 0.2) is 0 Å². The van der Waals surface area contributed by atoms with E-state index in [-0.39, 0.29) is 6.54 Å². The average Bonchev–Trinajstić information content (AvgIpc) is 2.38. The first-order valence-corrected chi connectivity index (χ1v) is 7.79. The number of hydrogen-bond acceptors (Lipinski definition) is 3. The van der Waals surface area contributed by atoms with E-state index < -0.39 is 23.6 Å². The quantitative estimate of drug-likeness (QED) is 0.858. The number of rotatable bonds is 5. The Hall–Kier alpha value is -1.56. The van der Waals surface area contributed by atoms with Gasteiger partial charge in [-0.2, -0.15) is 0 Å². The highest BCUT2D eigenvalue weighted by molar-refractivity contribution is 9.10. The maximum absolute atomic E-state index is 11.9. The normalized spacial score (nSPS) is 12.6. The Morgan fingerprint density at radius 1 is 1.27 bits per heavy atom. The molecule has 0 unspecified atom stereocenters. The van der Waals surface area contributed by atoms with Gasteiger partial charge in [0.2, 0.25) is 0 Å². The van der Waals surface area contributed by atoms with Crippen LogP contribution in [-0.4, -0.2) is 41.3 Å². The fraction of sp³-hybridized carbons (Fsp3) is 0.500. The second-order valence-electron chi connectivity index (χ2n) is 6.23. The Kier molecular flexibility index (Phi) is 6.41. The van der Waals surface area contributed by atoms with Crippen LogP contribution < -0.4 is 0 Å². The van der Waals surface area contributed by atoms with Gasteiger partial charge in [-0.3, -0.25) is 4.79 Å². The van der Waals surface area contributed by atoms with Crippen LogP contribution in [0, 0.1) is 5.92 Å². The molecule has 22 heavy (non-hydrogen) atoms. The third-order valence-corrected chi connectivity index (χ3v) is 3.47. The Bertz CT molecular complexity index is 522. The Labute approximate surface area is 139 Å². The van der Waals surface area contributed by atoms with Crippen LogP contribution in [0.4, 0.5) is 4.79 Å². The molecular weight excluding hydrogens is 350 g/mol. The molecule has 0 aliphatic rings. The molecule has 1 atom stereocenters. The first-order chi connectivity index (χ1) is 10.1. The lowest BCUT2D eigenvalue weighted by molar-refractivity contribution is -0.142. The zero-order valence-electron chi connectivity index (χ0n) is 13.3. The van der Waals surface area contributed by atoms with Gasteiger partial charge in [0.25, 0.3) is 0 Å². The number of amides is 1. The third-order valence-electron chi connectivity index (χ3n) is 2.94. The zero-order valence-corrected chi connectivity index (χ0v) is 14.9. The molecule has 1 rings (SSSR count). The molecule has 0 heterocycles. The number of carboxylic acids is 1. The van der Waals surface area contributed by atoms with Crippen molar-refractivity contribution in [3.05, 3.63) is 34.3 Å². The molecule has 1 aromatic rings. The maximum Gasteiger partial charge on any atom is 0.410 e. The highest BCUT2D eigenvalue weighted by Gasteiger charge is 2.25. The van der Waals surface area contributed by atoms with Gasteiger partial charge in [0.1, 0.15) is 5.60 Å². The molecule has 0 spiro atoms. The molecule has 0 saturated carbocycles. The van der Waals surface area contributed by atoms with Gasteiger partial charge in [-0.05, 0) is 44.9 Å². The lowest BCUT2D eigenvalue weighted by Gasteiger charge is -2.26. The molecule has 1 aromatic carbocycles. The smallest absolute Gasteiger partial charge is 0.410 e. The van der Waals surface area contributed by atoms with Crippen molar-refractivity contribution < 1.29 is 19.4 Å². The fourth-order valence-corrected chi connectivity index (χ4v) is 2.14. The van der Waals surface area contributed by atoms with Crippen molar-refractivity contribution in [3.8, 4) is 0 Å². The SMILES string of the molecule is CN(C[C@H](Cc1ccc(Br)cc1)C(=O)O)C(=O)OC(C)(C)C. The van der Waals surface area contributed by atoms with E-state index in [0.29, 0.717) is 6.42 Å². The molecule has 0 aliphatic carbocycles. The van der Waals surface area contributed by atoms with Gasteiger partial charge in [-0.25, -0.2) is 4.79 Å². The van der Waals surface area contributed by atoms with Crippen molar-refractivity contribution in [2.45, 2.75) is 32.8 Å². The molecule has 0 bridgehead atoms. The van der Waals surface area contributed by atoms with Gasteiger partial charge < -0.3 is 14.7 Å². The van der Waals surface area contributed by atoms with E-state index in [2.05, 4.69) is 15.9 Å². The summed E-state index contributed by atoms with van der Waals surface area (Å²) in [6.45, 7) is 5.42. The first-order valence-electron chi connectivity index (χ1n) is 7.00. The summed E-state index contributed by atoms with van der Waals surface area (Å²) >= 11 is 3.34. The second-order valence-corrected chi connectivity index (χ2v) is 7.14. The topological polar surface area (TPSA) is 66.8 Å². The van der Waals surface area contributed by atoms with Crippen LogP contribution >= 0.6 is 15.9 Å². The minimum Gasteiger partial charge on any atom is -0.481 e. The van der Waals surface area contributed by atoms with Crippen molar-refractivity contribution in [3.63, 3.8) is 0 Å². The molecule has 0 radical (unpaired) electrons. The predicted octanol–water partition coefficient (Wildman–Crippen LogP) is 3.56. The summed E-state index contributed by atoms with van der Waals surface area (Å²) in [5.41, 5.74) is 0.309. The molecule has 6 heteroatoms. The number of aliphatic carboxylic acids is 1. The minimum absolute atomic E-state index is 0.0975. The molecule has 0 aliphatic heterocycles. The van der Waals surface area contributed by atoms with Crippen molar-refractivity contribution >= 4 is 28.0 Å². The molecule has 1 amide bonds. The number of carbonyl (C=O) groups excluding carboxylic acids is 1. The summed E-state index contributed by atoms with van der Waals surface area (Å²) in [6, 6.07) is 7.47. The van der Waals surface area contributed by atoms with Crippen molar-refractivity contribution in [1.82, 2.24) is 4.90 Å². The predicted molar refractivity (Wildman–Crippen MR) is 87.8 cm³/mol. The molecule has 0 saturated heterocycles. The lowest BCUT2D eigenvalue weighted by atomic mass is 9.99. The van der Waals surface area contributed by atoms with E-state index >= 15 is 0 Å². The van der Waals surface area contributed by atoms with E-state index in [0.717, 1.165) is 10.0 Å². The van der Waals surface area contributed by atoms with E-state index in [9.17, 15) is 14.7 Å². The van der Waals surface area contributed by atoms with Crippen LogP contribution in [0.25, 0.3) is 0 Å². The molecule has 0 fully saturated rings. The zero-order chi connectivity index (χ0) is 16.9. The summed E-state index contributed by atoms with van der Waals surface area (Å²) in [5.74, 6) is -1.61. The van der Waals surface area contributed by atoms with Gasteiger partial charge in [-0.15, -0.1) is 0 Å². The number of hydrogen-bond donors (Lipinski definition) is 1. The largest absolute Gasteiger partial charge is 0.481 e. The van der Waals surface area contributed by atoms with E-state index in [1.165, 1.54) is 4.90 Å². The molecule has 1 N–H and O–H groups in total. The number of benzene rings is 1. The number of nitrogens with zero attached hydrogens (tertiary/aromatic N) is 1. The van der Waals surface area contributed by atoms with Gasteiger partial charge in [0, 0.05) is 18.1 Å². The minimum atomic E-state index is -0.932. The number of carbonyl (C=O) groups is 2. The molecule has 122 valence electrons. The highest BCUT2D eigenvalue weighted by atomic mass is 79.9. The van der Waals surface area contributed by atoms with Crippen LogP contribution in [0.3, 0.4) is 0 Å². The Morgan fingerprint density at radius 3 is 2.27 bits per heavy atom. The molecular formula is C16H22BrNO4. The molecule has 0 aromatic heterocycles. The van der Waals surface area contributed by atoms with Crippen molar-refractivity contribution in [2.75, 3.05) is 13.6 Å². The van der Waals surface area contributed by atoms with Crippen molar-refractivity contribution in [1.29, 1.82) is 0 Å². The van der Waals surface area contributed by atoms with E-state index in [4.69, 9.17) is 4.74 Å². The van der Waals surface area contributed by atoms with Gasteiger partial charge >= 0.3 is 12.1 Å². The average molecular weight is 372 g/mol. The van der Waals surface area contributed by atoms with Crippen LogP contribution in [0.1, 0.15) is 26.3 Å². The van der Waals surface area contributed by atoms with Crippen LogP contribution in [-0.2, 0) is 16.0 Å². The maximum atomic E-state index is 11.9. The number of carboxylic acid groups (broad SMARTS) is 1. The highest BCUT2D eigenvalue weighted by Crippen LogP contribution is 2.16. The van der Waals surface area contributed by atoms with Gasteiger partial charge in [0.05, 0.1) is 5.92 Å². The van der Waals surface area contributed by atoms with E-state index in [1.807, 2.05) is 24.3 Å². The third kappa shape index (κ3) is 6.47. The van der Waals surface area contributed by atoms with Gasteiger partial charge in [-0.1, -0.05) is 28.1 Å². The summed E-state index contributed by atoms with van der Waals surface area (Å²) in [7, 11) is 1.55. The first kappa shape index (κ1) is 18.5. The second kappa shape index (κ2) is 7.63. The monoisotopic (exact) mass is 371 g/mol. The summed E-state index contributed by atoms with van der Waals surface area (Å²) in [5, 5.41) is 9.36. The summed E-state index contributed by atoms with van der Waals surface area (Å²) < 4.78 is 6.17.